The van der Waals surface area contributed by atoms with Crippen LogP contribution in [0.4, 0.5) is 0 Å². The van der Waals surface area contributed by atoms with Crippen molar-refractivity contribution < 1.29 is 4.79 Å². The van der Waals surface area contributed by atoms with Crippen LogP contribution in [0, 0.1) is 0 Å². The van der Waals surface area contributed by atoms with E-state index in [4.69, 9.17) is 0 Å². The first-order valence-corrected chi connectivity index (χ1v) is 7.02. The highest BCUT2D eigenvalue weighted by molar-refractivity contribution is 9.10. The predicted molar refractivity (Wildman–Crippen MR) is 78.6 cm³/mol. The largest absolute Gasteiger partial charge is 0.355 e. The molecule has 17 heavy (non-hydrogen) atoms. The van der Waals surface area contributed by atoms with Crippen LogP contribution in [0.2, 0.25) is 0 Å². The lowest BCUT2D eigenvalue weighted by molar-refractivity contribution is -0.120. The summed E-state index contributed by atoms with van der Waals surface area (Å²) in [6.45, 7) is 4.88. The molecule has 4 heteroatoms. The van der Waals surface area contributed by atoms with Crippen molar-refractivity contribution in [3.05, 3.63) is 34.3 Å². The Hall–Kier alpha value is -0.480. The van der Waals surface area contributed by atoms with E-state index in [1.807, 2.05) is 12.1 Å². The SMILES string of the molecule is CC(C)(CNC(=O)CCS)c1ccc(Br)cc1. The van der Waals surface area contributed by atoms with Gasteiger partial charge in [0, 0.05) is 22.9 Å². The highest BCUT2D eigenvalue weighted by atomic mass is 79.9. The molecule has 2 nitrogen and oxygen atoms in total. The van der Waals surface area contributed by atoms with E-state index in [1.165, 1.54) is 5.56 Å². The Morgan fingerprint density at radius 1 is 1.35 bits per heavy atom. The molecule has 0 saturated carbocycles. The number of benzene rings is 1. The number of hydrogen-bond acceptors (Lipinski definition) is 2. The fourth-order valence-electron chi connectivity index (χ4n) is 1.51. The minimum atomic E-state index is -0.0625. The van der Waals surface area contributed by atoms with Crippen LogP contribution in [0.3, 0.4) is 0 Å². The van der Waals surface area contributed by atoms with Gasteiger partial charge in [0.1, 0.15) is 0 Å². The van der Waals surface area contributed by atoms with Crippen LogP contribution < -0.4 is 5.32 Å². The van der Waals surface area contributed by atoms with Crippen molar-refractivity contribution in [1.29, 1.82) is 0 Å². The average Bonchev–Trinajstić information content (AvgIpc) is 2.28. The molecular formula is C13H18BrNOS. The first-order chi connectivity index (χ1) is 7.95. The molecule has 0 fully saturated rings. The Bertz CT molecular complexity index is 376. The number of carbonyl (C=O) groups excluding carboxylic acids is 1. The Morgan fingerprint density at radius 3 is 2.47 bits per heavy atom. The van der Waals surface area contributed by atoms with Crippen molar-refractivity contribution in [2.75, 3.05) is 12.3 Å². The molecule has 1 amide bonds. The van der Waals surface area contributed by atoms with Gasteiger partial charge in [-0.2, -0.15) is 12.6 Å². The van der Waals surface area contributed by atoms with Gasteiger partial charge in [-0.05, 0) is 23.4 Å². The van der Waals surface area contributed by atoms with Crippen molar-refractivity contribution in [1.82, 2.24) is 5.32 Å². The lowest BCUT2D eigenvalue weighted by atomic mass is 9.84. The maximum absolute atomic E-state index is 11.4. The monoisotopic (exact) mass is 315 g/mol. The van der Waals surface area contributed by atoms with Gasteiger partial charge in [0.15, 0.2) is 0 Å². The van der Waals surface area contributed by atoms with E-state index in [0.29, 0.717) is 18.7 Å². The molecule has 1 rings (SSSR count). The molecule has 1 N–H and O–H groups in total. The van der Waals surface area contributed by atoms with Crippen LogP contribution in [0.5, 0.6) is 0 Å². The number of thiol groups is 1. The van der Waals surface area contributed by atoms with Gasteiger partial charge >= 0.3 is 0 Å². The van der Waals surface area contributed by atoms with E-state index in [0.717, 1.165) is 4.47 Å². The van der Waals surface area contributed by atoms with Crippen LogP contribution in [-0.2, 0) is 10.2 Å². The molecule has 0 aliphatic heterocycles. The lowest BCUT2D eigenvalue weighted by Gasteiger charge is -2.25. The summed E-state index contributed by atoms with van der Waals surface area (Å²) < 4.78 is 1.07. The number of hydrogen-bond donors (Lipinski definition) is 2. The molecule has 0 aromatic heterocycles. The third-order valence-electron chi connectivity index (χ3n) is 2.69. The van der Waals surface area contributed by atoms with Crippen LogP contribution in [0.15, 0.2) is 28.7 Å². The van der Waals surface area contributed by atoms with E-state index < -0.39 is 0 Å². The first kappa shape index (κ1) is 14.6. The van der Waals surface area contributed by atoms with Gasteiger partial charge in [-0.15, -0.1) is 0 Å². The van der Waals surface area contributed by atoms with Crippen molar-refractivity contribution in [3.8, 4) is 0 Å². The highest BCUT2D eigenvalue weighted by Crippen LogP contribution is 2.23. The Labute approximate surface area is 117 Å². The standard InChI is InChI=1S/C13H18BrNOS/c1-13(2,9-15-12(16)7-8-17)10-3-5-11(14)6-4-10/h3-6,17H,7-9H2,1-2H3,(H,15,16). The fourth-order valence-corrected chi connectivity index (χ4v) is 1.98. The summed E-state index contributed by atoms with van der Waals surface area (Å²) in [5, 5.41) is 2.94. The van der Waals surface area contributed by atoms with Gasteiger partial charge in [-0.3, -0.25) is 4.79 Å². The zero-order chi connectivity index (χ0) is 12.9. The first-order valence-electron chi connectivity index (χ1n) is 5.59. The third-order valence-corrected chi connectivity index (χ3v) is 3.44. The smallest absolute Gasteiger partial charge is 0.220 e. The topological polar surface area (TPSA) is 29.1 Å². The third kappa shape index (κ3) is 4.72. The molecular weight excluding hydrogens is 298 g/mol. The molecule has 0 atom stereocenters. The molecule has 94 valence electrons. The molecule has 0 radical (unpaired) electrons. The minimum absolute atomic E-state index is 0.0604. The van der Waals surface area contributed by atoms with Gasteiger partial charge < -0.3 is 5.32 Å². The molecule has 1 aromatic rings. The molecule has 0 bridgehead atoms. The second-order valence-electron chi connectivity index (χ2n) is 4.64. The Kier molecular flexibility index (Phi) is 5.53. The molecule has 0 heterocycles. The second-order valence-corrected chi connectivity index (χ2v) is 6.00. The second kappa shape index (κ2) is 6.45. The summed E-state index contributed by atoms with van der Waals surface area (Å²) in [4.78, 5) is 11.4. The zero-order valence-electron chi connectivity index (χ0n) is 10.2. The Morgan fingerprint density at radius 2 is 1.94 bits per heavy atom. The van der Waals surface area contributed by atoms with Gasteiger partial charge in [0.2, 0.25) is 5.91 Å². The molecule has 0 saturated heterocycles. The van der Waals surface area contributed by atoms with Gasteiger partial charge in [-0.25, -0.2) is 0 Å². The van der Waals surface area contributed by atoms with Crippen molar-refractivity contribution in [3.63, 3.8) is 0 Å². The van der Waals surface area contributed by atoms with Crippen LogP contribution >= 0.6 is 28.6 Å². The van der Waals surface area contributed by atoms with Gasteiger partial charge in [0.25, 0.3) is 0 Å². The zero-order valence-corrected chi connectivity index (χ0v) is 12.6. The summed E-state index contributed by atoms with van der Waals surface area (Å²) in [6, 6.07) is 8.20. The number of amides is 1. The number of nitrogens with one attached hydrogen (secondary N) is 1. The number of carbonyl (C=O) groups is 1. The summed E-state index contributed by atoms with van der Waals surface area (Å²) in [7, 11) is 0. The quantitative estimate of drug-likeness (QED) is 0.803. The van der Waals surface area contributed by atoms with Crippen molar-refractivity contribution in [2.24, 2.45) is 0 Å². The van der Waals surface area contributed by atoms with E-state index in [1.54, 1.807) is 0 Å². The summed E-state index contributed by atoms with van der Waals surface area (Å²) >= 11 is 7.46. The average molecular weight is 316 g/mol. The maximum atomic E-state index is 11.4. The van der Waals surface area contributed by atoms with Crippen molar-refractivity contribution >= 4 is 34.5 Å². The fraction of sp³-hybridized carbons (Fsp3) is 0.462. The number of halogens is 1. The van der Waals surface area contributed by atoms with Gasteiger partial charge in [0.05, 0.1) is 0 Å². The van der Waals surface area contributed by atoms with Gasteiger partial charge in [-0.1, -0.05) is 41.9 Å². The lowest BCUT2D eigenvalue weighted by Crippen LogP contribution is -2.36. The van der Waals surface area contributed by atoms with Crippen LogP contribution in [0.1, 0.15) is 25.8 Å². The maximum Gasteiger partial charge on any atom is 0.220 e. The van der Waals surface area contributed by atoms with E-state index in [-0.39, 0.29) is 11.3 Å². The summed E-state index contributed by atoms with van der Waals surface area (Å²) in [5.74, 6) is 0.648. The Balaban J connectivity index is 2.61. The number of rotatable bonds is 5. The molecule has 0 unspecified atom stereocenters. The van der Waals surface area contributed by atoms with Crippen LogP contribution in [-0.4, -0.2) is 18.2 Å². The molecule has 0 aliphatic rings. The van der Waals surface area contributed by atoms with E-state index in [9.17, 15) is 4.79 Å². The minimum Gasteiger partial charge on any atom is -0.355 e. The molecule has 0 spiro atoms. The van der Waals surface area contributed by atoms with Crippen molar-refractivity contribution in [2.45, 2.75) is 25.7 Å². The highest BCUT2D eigenvalue weighted by Gasteiger charge is 2.20. The van der Waals surface area contributed by atoms with E-state index in [2.05, 4.69) is 59.9 Å². The predicted octanol–water partition coefficient (Wildman–Crippen LogP) is 3.16. The summed E-state index contributed by atoms with van der Waals surface area (Å²) in [6.07, 6.45) is 0.472. The molecule has 0 aliphatic carbocycles. The summed E-state index contributed by atoms with van der Waals surface area (Å²) in [5.41, 5.74) is 1.15. The van der Waals surface area contributed by atoms with E-state index >= 15 is 0 Å². The van der Waals surface area contributed by atoms with Crippen LogP contribution in [0.25, 0.3) is 0 Å². The normalized spacial score (nSPS) is 11.3. The molecule has 1 aromatic carbocycles.